The lowest BCUT2D eigenvalue weighted by Gasteiger charge is -1.97. The van der Waals surface area contributed by atoms with E-state index in [0.717, 1.165) is 0 Å². The molecular formula is C11H11BrFN3O. The normalized spacial score (nSPS) is 12.7. The van der Waals surface area contributed by atoms with Gasteiger partial charge in [0.2, 0.25) is 0 Å². The number of hydrogen-bond acceptors (Lipinski definition) is 4. The van der Waals surface area contributed by atoms with Crippen LogP contribution in [0.3, 0.4) is 0 Å². The maximum absolute atomic E-state index is 13.2. The van der Waals surface area contributed by atoms with E-state index < -0.39 is 0 Å². The van der Waals surface area contributed by atoms with Gasteiger partial charge >= 0.3 is 0 Å². The van der Waals surface area contributed by atoms with Gasteiger partial charge < -0.3 is 10.3 Å². The topological polar surface area (TPSA) is 64.9 Å². The summed E-state index contributed by atoms with van der Waals surface area (Å²) < 4.78 is 18.9. The van der Waals surface area contributed by atoms with Crippen LogP contribution in [0.4, 0.5) is 4.39 Å². The highest BCUT2D eigenvalue weighted by molar-refractivity contribution is 9.10. The van der Waals surface area contributed by atoms with Crippen molar-refractivity contribution >= 4 is 15.9 Å². The van der Waals surface area contributed by atoms with E-state index in [4.69, 9.17) is 10.3 Å². The first kappa shape index (κ1) is 12.2. The maximum atomic E-state index is 13.2. The van der Waals surface area contributed by atoms with Gasteiger partial charge in [-0.05, 0) is 25.1 Å². The standard InChI is InChI=1S/C11H11BrFN3O/c1-6(14)2-10-15-11(17-16-10)7-3-8(12)5-9(13)4-7/h3-6H,2,14H2,1H3. The van der Waals surface area contributed by atoms with Gasteiger partial charge in [-0.25, -0.2) is 4.39 Å². The molecular weight excluding hydrogens is 289 g/mol. The van der Waals surface area contributed by atoms with Gasteiger partial charge in [0.05, 0.1) is 0 Å². The number of nitrogens with two attached hydrogens (primary N) is 1. The molecule has 0 bridgehead atoms. The molecule has 6 heteroatoms. The van der Waals surface area contributed by atoms with Crippen molar-refractivity contribution in [3.63, 3.8) is 0 Å². The maximum Gasteiger partial charge on any atom is 0.258 e. The summed E-state index contributed by atoms with van der Waals surface area (Å²) in [6, 6.07) is 4.38. The minimum Gasteiger partial charge on any atom is -0.334 e. The third-order valence-electron chi connectivity index (χ3n) is 2.08. The van der Waals surface area contributed by atoms with E-state index in [-0.39, 0.29) is 11.9 Å². The van der Waals surface area contributed by atoms with Gasteiger partial charge in [0, 0.05) is 22.5 Å². The van der Waals surface area contributed by atoms with E-state index in [2.05, 4.69) is 26.1 Å². The molecule has 17 heavy (non-hydrogen) atoms. The highest BCUT2D eigenvalue weighted by Gasteiger charge is 2.11. The Kier molecular flexibility index (Phi) is 3.54. The van der Waals surface area contributed by atoms with Gasteiger partial charge in [-0.2, -0.15) is 4.98 Å². The van der Waals surface area contributed by atoms with Gasteiger partial charge in [-0.3, -0.25) is 0 Å². The number of rotatable bonds is 3. The average Bonchev–Trinajstić information content (AvgIpc) is 2.63. The molecule has 0 aliphatic rings. The molecule has 0 spiro atoms. The van der Waals surface area contributed by atoms with Crippen LogP contribution < -0.4 is 5.73 Å². The summed E-state index contributed by atoms with van der Waals surface area (Å²) in [6.45, 7) is 1.86. The summed E-state index contributed by atoms with van der Waals surface area (Å²) in [7, 11) is 0. The molecule has 4 nitrogen and oxygen atoms in total. The van der Waals surface area contributed by atoms with Crippen LogP contribution in [0.15, 0.2) is 27.2 Å². The molecule has 1 atom stereocenters. The third kappa shape index (κ3) is 3.10. The van der Waals surface area contributed by atoms with Crippen molar-refractivity contribution in [1.82, 2.24) is 10.1 Å². The molecule has 2 aromatic rings. The molecule has 2 rings (SSSR count). The number of halogens is 2. The Balaban J connectivity index is 2.30. The van der Waals surface area contributed by atoms with Crippen molar-refractivity contribution in [2.24, 2.45) is 5.73 Å². The Bertz CT molecular complexity index is 507. The lowest BCUT2D eigenvalue weighted by molar-refractivity contribution is 0.420. The molecule has 0 saturated carbocycles. The first-order valence-electron chi connectivity index (χ1n) is 5.09. The monoisotopic (exact) mass is 299 g/mol. The van der Waals surface area contributed by atoms with Gasteiger partial charge in [-0.1, -0.05) is 21.1 Å². The second-order valence-electron chi connectivity index (χ2n) is 3.86. The van der Waals surface area contributed by atoms with Crippen LogP contribution in [0, 0.1) is 5.82 Å². The van der Waals surface area contributed by atoms with Gasteiger partial charge in [0.25, 0.3) is 5.89 Å². The Labute approximate surface area is 106 Å². The molecule has 1 aromatic carbocycles. The number of nitrogens with zero attached hydrogens (tertiary/aromatic N) is 2. The fraction of sp³-hybridized carbons (Fsp3) is 0.273. The van der Waals surface area contributed by atoms with Crippen LogP contribution >= 0.6 is 15.9 Å². The predicted molar refractivity (Wildman–Crippen MR) is 64.7 cm³/mol. The Morgan fingerprint density at radius 3 is 2.88 bits per heavy atom. The molecule has 1 unspecified atom stereocenters. The second kappa shape index (κ2) is 4.93. The largest absolute Gasteiger partial charge is 0.334 e. The smallest absolute Gasteiger partial charge is 0.258 e. The highest BCUT2D eigenvalue weighted by atomic mass is 79.9. The van der Waals surface area contributed by atoms with E-state index in [1.54, 1.807) is 6.07 Å². The van der Waals surface area contributed by atoms with E-state index in [0.29, 0.717) is 28.2 Å². The summed E-state index contributed by atoms with van der Waals surface area (Å²) in [5, 5.41) is 3.79. The minimum absolute atomic E-state index is 0.0419. The van der Waals surface area contributed by atoms with Crippen molar-refractivity contribution in [1.29, 1.82) is 0 Å². The summed E-state index contributed by atoms with van der Waals surface area (Å²) in [5.74, 6) is 0.456. The molecule has 1 aromatic heterocycles. The van der Waals surface area contributed by atoms with E-state index in [1.165, 1.54) is 12.1 Å². The van der Waals surface area contributed by atoms with Gasteiger partial charge in [-0.15, -0.1) is 0 Å². The SMILES string of the molecule is CC(N)Cc1noc(-c2cc(F)cc(Br)c2)n1. The summed E-state index contributed by atoms with van der Waals surface area (Å²) in [5.41, 5.74) is 6.17. The fourth-order valence-electron chi connectivity index (χ4n) is 1.42. The van der Waals surface area contributed by atoms with Crippen molar-refractivity contribution in [2.45, 2.75) is 19.4 Å². The first-order valence-corrected chi connectivity index (χ1v) is 5.88. The number of aromatic nitrogens is 2. The molecule has 0 saturated heterocycles. The van der Waals surface area contributed by atoms with Crippen LogP contribution in [-0.2, 0) is 6.42 Å². The lowest BCUT2D eigenvalue weighted by atomic mass is 10.2. The molecule has 0 radical (unpaired) electrons. The Hall–Kier alpha value is -1.27. The van der Waals surface area contributed by atoms with Crippen LogP contribution in [0.5, 0.6) is 0 Å². The highest BCUT2D eigenvalue weighted by Crippen LogP contribution is 2.23. The number of hydrogen-bond donors (Lipinski definition) is 1. The zero-order valence-corrected chi connectivity index (χ0v) is 10.7. The van der Waals surface area contributed by atoms with Crippen LogP contribution in [0.1, 0.15) is 12.7 Å². The van der Waals surface area contributed by atoms with Crippen molar-refractivity contribution in [3.05, 3.63) is 34.3 Å². The van der Waals surface area contributed by atoms with Gasteiger partial charge in [0.1, 0.15) is 5.82 Å². The Morgan fingerprint density at radius 2 is 2.24 bits per heavy atom. The molecule has 0 amide bonds. The zero-order chi connectivity index (χ0) is 12.4. The average molecular weight is 300 g/mol. The molecule has 1 heterocycles. The van der Waals surface area contributed by atoms with Crippen LogP contribution in [0.25, 0.3) is 11.5 Å². The summed E-state index contributed by atoms with van der Waals surface area (Å²) >= 11 is 3.21. The minimum atomic E-state index is -0.360. The summed E-state index contributed by atoms with van der Waals surface area (Å²) in [6.07, 6.45) is 0.528. The third-order valence-corrected chi connectivity index (χ3v) is 2.54. The first-order chi connectivity index (χ1) is 8.04. The molecule has 0 aliphatic heterocycles. The zero-order valence-electron chi connectivity index (χ0n) is 9.15. The van der Waals surface area contributed by atoms with E-state index in [1.807, 2.05) is 6.92 Å². The van der Waals surface area contributed by atoms with Crippen molar-refractivity contribution in [3.8, 4) is 11.5 Å². The molecule has 90 valence electrons. The quantitative estimate of drug-likeness (QED) is 0.946. The van der Waals surface area contributed by atoms with Crippen molar-refractivity contribution in [2.75, 3.05) is 0 Å². The lowest BCUT2D eigenvalue weighted by Crippen LogP contribution is -2.18. The van der Waals surface area contributed by atoms with Crippen LogP contribution in [-0.4, -0.2) is 16.2 Å². The fourth-order valence-corrected chi connectivity index (χ4v) is 1.88. The van der Waals surface area contributed by atoms with Gasteiger partial charge in [0.15, 0.2) is 5.82 Å². The van der Waals surface area contributed by atoms with Crippen molar-refractivity contribution < 1.29 is 8.91 Å². The molecule has 2 N–H and O–H groups in total. The molecule has 0 aliphatic carbocycles. The number of benzene rings is 1. The Morgan fingerprint density at radius 1 is 1.47 bits per heavy atom. The van der Waals surface area contributed by atoms with E-state index >= 15 is 0 Å². The molecule has 0 fully saturated rings. The van der Waals surface area contributed by atoms with Crippen LogP contribution in [0.2, 0.25) is 0 Å². The van der Waals surface area contributed by atoms with E-state index in [9.17, 15) is 4.39 Å². The second-order valence-corrected chi connectivity index (χ2v) is 4.77. The summed E-state index contributed by atoms with van der Waals surface area (Å²) in [4.78, 5) is 4.16. The predicted octanol–water partition coefficient (Wildman–Crippen LogP) is 2.53.